The van der Waals surface area contributed by atoms with Gasteiger partial charge in [-0.25, -0.2) is 0 Å². The van der Waals surface area contributed by atoms with Crippen molar-refractivity contribution in [2.24, 2.45) is 0 Å². The fourth-order valence-electron chi connectivity index (χ4n) is 2.64. The third-order valence-electron chi connectivity index (χ3n) is 4.06. The summed E-state index contributed by atoms with van der Waals surface area (Å²) in [6, 6.07) is 0. The van der Waals surface area contributed by atoms with Crippen LogP contribution in [0.2, 0.25) is 0 Å². The standard InChI is InChI=1S/C18H31ClO2/c1-2-3-10-13-16-17(21-16)14-11-8-6-4-5-7-9-12-15-18(19)20/h8,11,16-17H,2-7,9-10,12-15H2,1H3/b11-8-/t16-,17+/m1/s1. The van der Waals surface area contributed by atoms with E-state index in [-0.39, 0.29) is 5.24 Å². The van der Waals surface area contributed by atoms with Gasteiger partial charge < -0.3 is 4.74 Å². The van der Waals surface area contributed by atoms with Crippen LogP contribution in [0.3, 0.4) is 0 Å². The van der Waals surface area contributed by atoms with Crippen LogP contribution >= 0.6 is 11.6 Å². The first-order chi connectivity index (χ1) is 10.2. The molecular formula is C18H31ClO2. The Morgan fingerprint density at radius 1 is 1.00 bits per heavy atom. The molecule has 0 radical (unpaired) electrons. The van der Waals surface area contributed by atoms with Gasteiger partial charge >= 0.3 is 0 Å². The number of allylic oxidation sites excluding steroid dienone is 1. The highest BCUT2D eigenvalue weighted by atomic mass is 35.5. The van der Waals surface area contributed by atoms with Crippen molar-refractivity contribution in [1.29, 1.82) is 0 Å². The maximum absolute atomic E-state index is 10.6. The van der Waals surface area contributed by atoms with Crippen molar-refractivity contribution in [3.8, 4) is 0 Å². The average molecular weight is 315 g/mol. The molecule has 0 unspecified atom stereocenters. The molecule has 2 nitrogen and oxygen atoms in total. The van der Waals surface area contributed by atoms with Crippen LogP contribution in [0.5, 0.6) is 0 Å². The van der Waals surface area contributed by atoms with Crippen LogP contribution in [0.25, 0.3) is 0 Å². The summed E-state index contributed by atoms with van der Waals surface area (Å²) in [5.74, 6) is 0. The fourth-order valence-corrected chi connectivity index (χ4v) is 2.77. The lowest BCUT2D eigenvalue weighted by Gasteiger charge is -1.98. The zero-order chi connectivity index (χ0) is 15.3. The Balaban J connectivity index is 1.81. The van der Waals surface area contributed by atoms with E-state index in [1.807, 2.05) is 0 Å². The summed E-state index contributed by atoms with van der Waals surface area (Å²) in [6.45, 7) is 2.24. The predicted molar refractivity (Wildman–Crippen MR) is 89.7 cm³/mol. The molecule has 0 aliphatic carbocycles. The minimum Gasteiger partial charge on any atom is -0.369 e. The monoisotopic (exact) mass is 314 g/mol. The Kier molecular flexibility index (Phi) is 10.9. The fraction of sp³-hybridized carbons (Fsp3) is 0.833. The SMILES string of the molecule is CCCCC[C@H]1O[C@H]1C/C=C\CCCCCCCC(=O)Cl. The molecule has 1 heterocycles. The molecule has 2 atom stereocenters. The molecule has 0 bridgehead atoms. The number of carbonyl (C=O) groups excluding carboxylic acids is 1. The molecule has 0 aromatic heterocycles. The molecule has 122 valence electrons. The van der Waals surface area contributed by atoms with Crippen molar-refractivity contribution in [2.45, 2.75) is 96.2 Å². The van der Waals surface area contributed by atoms with Gasteiger partial charge in [-0.15, -0.1) is 0 Å². The molecule has 0 amide bonds. The highest BCUT2D eigenvalue weighted by molar-refractivity contribution is 6.63. The van der Waals surface area contributed by atoms with Crippen molar-refractivity contribution in [2.75, 3.05) is 0 Å². The Morgan fingerprint density at radius 3 is 2.52 bits per heavy atom. The number of halogens is 1. The third kappa shape index (κ3) is 11.0. The highest BCUT2D eigenvalue weighted by Crippen LogP contribution is 2.30. The topological polar surface area (TPSA) is 29.6 Å². The number of hydrogen-bond donors (Lipinski definition) is 0. The van der Waals surface area contributed by atoms with E-state index >= 15 is 0 Å². The Morgan fingerprint density at radius 2 is 1.76 bits per heavy atom. The minimum absolute atomic E-state index is 0.201. The van der Waals surface area contributed by atoms with Crippen LogP contribution in [0, 0.1) is 0 Å². The Labute approximate surface area is 135 Å². The highest BCUT2D eigenvalue weighted by Gasteiger charge is 2.36. The first-order valence-corrected chi connectivity index (χ1v) is 9.10. The van der Waals surface area contributed by atoms with E-state index in [1.165, 1.54) is 51.4 Å². The second-order valence-corrected chi connectivity index (χ2v) is 6.50. The summed E-state index contributed by atoms with van der Waals surface area (Å²) in [4.78, 5) is 10.6. The van der Waals surface area contributed by atoms with Gasteiger partial charge in [-0.05, 0) is 43.7 Å². The second kappa shape index (κ2) is 12.2. The molecule has 1 rings (SSSR count). The number of ether oxygens (including phenoxy) is 1. The molecule has 0 N–H and O–H groups in total. The molecule has 1 fully saturated rings. The first-order valence-electron chi connectivity index (χ1n) is 8.72. The van der Waals surface area contributed by atoms with Crippen LogP contribution in [0.1, 0.15) is 84.0 Å². The molecular weight excluding hydrogens is 284 g/mol. The van der Waals surface area contributed by atoms with E-state index in [1.54, 1.807) is 0 Å². The van der Waals surface area contributed by atoms with E-state index < -0.39 is 0 Å². The molecule has 0 aromatic rings. The van der Waals surface area contributed by atoms with Gasteiger partial charge in [0.1, 0.15) is 0 Å². The lowest BCUT2D eigenvalue weighted by Crippen LogP contribution is -1.92. The molecule has 1 aliphatic heterocycles. The van der Waals surface area contributed by atoms with Gasteiger partial charge in [0.2, 0.25) is 5.24 Å². The van der Waals surface area contributed by atoms with Gasteiger partial charge in [-0.2, -0.15) is 0 Å². The quantitative estimate of drug-likeness (QED) is 0.176. The summed E-state index contributed by atoms with van der Waals surface area (Å²) in [5.41, 5.74) is 0. The normalized spacial score (nSPS) is 21.0. The van der Waals surface area contributed by atoms with Crippen molar-refractivity contribution in [3.05, 3.63) is 12.2 Å². The lowest BCUT2D eigenvalue weighted by molar-refractivity contribution is -0.111. The van der Waals surface area contributed by atoms with Gasteiger partial charge in [-0.3, -0.25) is 4.79 Å². The average Bonchev–Trinajstić information content (AvgIpc) is 3.19. The van der Waals surface area contributed by atoms with Gasteiger partial charge in [-0.1, -0.05) is 57.6 Å². The maximum atomic E-state index is 10.6. The van der Waals surface area contributed by atoms with Gasteiger partial charge in [0.05, 0.1) is 12.2 Å². The van der Waals surface area contributed by atoms with Crippen molar-refractivity contribution < 1.29 is 9.53 Å². The number of rotatable bonds is 14. The van der Waals surface area contributed by atoms with Gasteiger partial charge in [0.25, 0.3) is 0 Å². The van der Waals surface area contributed by atoms with E-state index in [0.29, 0.717) is 18.6 Å². The van der Waals surface area contributed by atoms with Crippen molar-refractivity contribution in [3.63, 3.8) is 0 Å². The van der Waals surface area contributed by atoms with E-state index in [2.05, 4.69) is 19.1 Å². The van der Waals surface area contributed by atoms with Crippen LogP contribution in [0.15, 0.2) is 12.2 Å². The maximum Gasteiger partial charge on any atom is 0.221 e. The Bertz CT molecular complexity index is 302. The summed E-state index contributed by atoms with van der Waals surface area (Å²) in [6.07, 6.45) is 19.4. The second-order valence-electron chi connectivity index (χ2n) is 6.08. The molecule has 1 saturated heterocycles. The van der Waals surface area contributed by atoms with Crippen molar-refractivity contribution >= 4 is 16.8 Å². The first kappa shape index (κ1) is 18.7. The largest absolute Gasteiger partial charge is 0.369 e. The predicted octanol–water partition coefficient (Wildman–Crippen LogP) is 5.78. The molecule has 0 saturated carbocycles. The van der Waals surface area contributed by atoms with Crippen LogP contribution in [-0.4, -0.2) is 17.5 Å². The van der Waals surface area contributed by atoms with E-state index in [4.69, 9.17) is 16.3 Å². The van der Waals surface area contributed by atoms with Crippen LogP contribution < -0.4 is 0 Å². The van der Waals surface area contributed by atoms with Crippen LogP contribution in [0.4, 0.5) is 0 Å². The summed E-state index contributed by atoms with van der Waals surface area (Å²) >= 11 is 5.29. The number of epoxide rings is 1. The summed E-state index contributed by atoms with van der Waals surface area (Å²) in [5, 5.41) is -0.201. The number of carbonyl (C=O) groups is 1. The van der Waals surface area contributed by atoms with E-state index in [9.17, 15) is 4.79 Å². The smallest absolute Gasteiger partial charge is 0.221 e. The van der Waals surface area contributed by atoms with Crippen LogP contribution in [-0.2, 0) is 9.53 Å². The molecule has 0 spiro atoms. The summed E-state index contributed by atoms with van der Waals surface area (Å²) in [7, 11) is 0. The van der Waals surface area contributed by atoms with E-state index in [0.717, 1.165) is 19.3 Å². The minimum atomic E-state index is -0.201. The number of hydrogen-bond acceptors (Lipinski definition) is 2. The zero-order valence-corrected chi connectivity index (χ0v) is 14.2. The third-order valence-corrected chi connectivity index (χ3v) is 4.25. The molecule has 0 aromatic carbocycles. The van der Waals surface area contributed by atoms with Crippen molar-refractivity contribution in [1.82, 2.24) is 0 Å². The summed E-state index contributed by atoms with van der Waals surface area (Å²) < 4.78 is 5.67. The molecule has 21 heavy (non-hydrogen) atoms. The lowest BCUT2D eigenvalue weighted by atomic mass is 10.1. The number of unbranched alkanes of at least 4 members (excludes halogenated alkanes) is 7. The van der Waals surface area contributed by atoms with Gasteiger partial charge in [0, 0.05) is 6.42 Å². The zero-order valence-electron chi connectivity index (χ0n) is 13.5. The molecule has 1 aliphatic rings. The Hall–Kier alpha value is -0.340. The molecule has 3 heteroatoms. The van der Waals surface area contributed by atoms with Gasteiger partial charge in [0.15, 0.2) is 0 Å².